The van der Waals surface area contributed by atoms with Crippen molar-refractivity contribution in [2.75, 3.05) is 13.1 Å². The lowest BCUT2D eigenvalue weighted by Crippen LogP contribution is -2.22. The van der Waals surface area contributed by atoms with Crippen LogP contribution in [0.1, 0.15) is 60.6 Å². The Morgan fingerprint density at radius 1 is 1.33 bits per heavy atom. The lowest BCUT2D eigenvalue weighted by molar-refractivity contribution is 0.0919. The van der Waals surface area contributed by atoms with Gasteiger partial charge in [-0.1, -0.05) is 20.8 Å². The molecule has 1 aliphatic rings. The minimum atomic E-state index is -0.185. The van der Waals surface area contributed by atoms with E-state index in [1.54, 1.807) is 17.4 Å². The second kappa shape index (κ2) is 7.07. The topological polar surface area (TPSA) is 58.4 Å². The van der Waals surface area contributed by atoms with Gasteiger partial charge in [0, 0.05) is 10.8 Å². The zero-order valence-electron chi connectivity index (χ0n) is 14.6. The highest BCUT2D eigenvalue weighted by Crippen LogP contribution is 2.23. The minimum absolute atomic E-state index is 0.0320. The van der Waals surface area contributed by atoms with Crippen molar-refractivity contribution in [3.63, 3.8) is 0 Å². The molecule has 0 bridgehead atoms. The summed E-state index contributed by atoms with van der Waals surface area (Å²) in [5.74, 6) is 1.04. The fourth-order valence-corrected chi connectivity index (χ4v) is 3.69. The molecule has 24 heavy (non-hydrogen) atoms. The molecular weight excluding hydrogens is 322 g/mol. The Morgan fingerprint density at radius 3 is 2.75 bits per heavy atom. The molecule has 1 saturated heterocycles. The largest absolute Gasteiger partial charge is 0.455 e. The van der Waals surface area contributed by atoms with Gasteiger partial charge in [-0.25, -0.2) is 4.98 Å². The maximum absolute atomic E-state index is 12.2. The van der Waals surface area contributed by atoms with Crippen molar-refractivity contribution < 1.29 is 9.21 Å². The van der Waals surface area contributed by atoms with Gasteiger partial charge in [0.05, 0.1) is 18.8 Å². The van der Waals surface area contributed by atoms with Crippen LogP contribution in [-0.2, 0) is 18.5 Å². The summed E-state index contributed by atoms with van der Waals surface area (Å²) < 4.78 is 5.68. The van der Waals surface area contributed by atoms with Crippen LogP contribution >= 0.6 is 11.3 Å². The van der Waals surface area contributed by atoms with E-state index in [4.69, 9.17) is 4.42 Å². The van der Waals surface area contributed by atoms with Crippen molar-refractivity contribution in [3.05, 3.63) is 39.7 Å². The van der Waals surface area contributed by atoms with Gasteiger partial charge in [-0.3, -0.25) is 9.69 Å². The molecule has 0 radical (unpaired) electrons. The molecular formula is C18H25N3O2S. The molecule has 0 spiro atoms. The number of amides is 1. The van der Waals surface area contributed by atoms with Gasteiger partial charge in [0.1, 0.15) is 10.8 Å². The normalized spacial score (nSPS) is 15.8. The number of aromatic nitrogens is 1. The van der Waals surface area contributed by atoms with Gasteiger partial charge >= 0.3 is 0 Å². The Bertz CT molecular complexity index is 693. The van der Waals surface area contributed by atoms with Gasteiger partial charge in [0.15, 0.2) is 5.76 Å². The van der Waals surface area contributed by atoms with Gasteiger partial charge in [-0.2, -0.15) is 0 Å². The number of nitrogens with one attached hydrogen (secondary N) is 1. The van der Waals surface area contributed by atoms with Crippen LogP contribution < -0.4 is 5.32 Å². The maximum atomic E-state index is 12.2. The van der Waals surface area contributed by atoms with E-state index in [0.29, 0.717) is 12.3 Å². The molecule has 2 aromatic rings. The highest BCUT2D eigenvalue weighted by molar-refractivity contribution is 7.09. The number of nitrogens with zero attached hydrogens (tertiary/aromatic N) is 2. The quantitative estimate of drug-likeness (QED) is 0.898. The van der Waals surface area contributed by atoms with Crippen molar-refractivity contribution >= 4 is 17.2 Å². The van der Waals surface area contributed by atoms with Gasteiger partial charge in [-0.15, -0.1) is 11.3 Å². The predicted octanol–water partition coefficient (Wildman–Crippen LogP) is 3.56. The maximum Gasteiger partial charge on any atom is 0.287 e. The average molecular weight is 347 g/mol. The van der Waals surface area contributed by atoms with Crippen LogP contribution in [0.4, 0.5) is 0 Å². The standard InChI is InChI=1S/C18H25N3O2S/c1-18(2,3)15-12-24-16(20-15)10-19-17(22)14-7-6-13(23-14)11-21-8-4-5-9-21/h6-7,12H,4-5,8-11H2,1-3H3,(H,19,22). The zero-order chi connectivity index (χ0) is 17.2. The van der Waals surface area contributed by atoms with E-state index >= 15 is 0 Å². The summed E-state index contributed by atoms with van der Waals surface area (Å²) in [6, 6.07) is 3.65. The molecule has 6 heteroatoms. The van der Waals surface area contributed by atoms with Crippen LogP contribution in [0.2, 0.25) is 0 Å². The molecule has 2 aromatic heterocycles. The van der Waals surface area contributed by atoms with E-state index in [2.05, 4.69) is 41.4 Å². The van der Waals surface area contributed by atoms with Crippen molar-refractivity contribution in [2.24, 2.45) is 0 Å². The van der Waals surface area contributed by atoms with E-state index in [-0.39, 0.29) is 11.3 Å². The summed E-state index contributed by atoms with van der Waals surface area (Å²) in [4.78, 5) is 19.2. The zero-order valence-corrected chi connectivity index (χ0v) is 15.4. The first kappa shape index (κ1) is 17.2. The summed E-state index contributed by atoms with van der Waals surface area (Å²) >= 11 is 1.58. The fraction of sp³-hybridized carbons (Fsp3) is 0.556. The Hall–Kier alpha value is -1.66. The highest BCUT2D eigenvalue weighted by Gasteiger charge is 2.19. The third-order valence-corrected chi connectivity index (χ3v) is 5.03. The summed E-state index contributed by atoms with van der Waals surface area (Å²) in [6.45, 7) is 9.85. The van der Waals surface area contributed by atoms with Crippen molar-refractivity contribution in [1.82, 2.24) is 15.2 Å². The van der Waals surface area contributed by atoms with Crippen molar-refractivity contribution in [3.8, 4) is 0 Å². The molecule has 0 unspecified atom stereocenters. The summed E-state index contributed by atoms with van der Waals surface area (Å²) in [7, 11) is 0. The molecule has 0 saturated carbocycles. The smallest absolute Gasteiger partial charge is 0.287 e. The molecule has 0 aliphatic carbocycles. The predicted molar refractivity (Wildman–Crippen MR) is 95.2 cm³/mol. The Kier molecular flexibility index (Phi) is 5.06. The lowest BCUT2D eigenvalue weighted by Gasteiger charge is -2.14. The van der Waals surface area contributed by atoms with Crippen LogP contribution in [-0.4, -0.2) is 28.9 Å². The molecule has 0 atom stereocenters. The first-order valence-electron chi connectivity index (χ1n) is 8.46. The second-order valence-corrected chi connectivity index (χ2v) is 8.25. The van der Waals surface area contributed by atoms with Crippen molar-refractivity contribution in [2.45, 2.75) is 52.1 Å². The summed E-state index contributed by atoms with van der Waals surface area (Å²) in [5, 5.41) is 5.86. The van der Waals surface area contributed by atoms with E-state index in [1.807, 2.05) is 6.07 Å². The number of likely N-dealkylation sites (tertiary alicyclic amines) is 1. The molecule has 0 aromatic carbocycles. The van der Waals surface area contributed by atoms with Crippen molar-refractivity contribution in [1.29, 1.82) is 0 Å². The minimum Gasteiger partial charge on any atom is -0.455 e. The highest BCUT2D eigenvalue weighted by atomic mass is 32.1. The first-order valence-corrected chi connectivity index (χ1v) is 9.34. The van der Waals surface area contributed by atoms with Gasteiger partial charge in [0.25, 0.3) is 5.91 Å². The Balaban J connectivity index is 1.53. The van der Waals surface area contributed by atoms with Crippen LogP contribution in [0.25, 0.3) is 0 Å². The van der Waals surface area contributed by atoms with Crippen LogP contribution in [0.15, 0.2) is 21.9 Å². The fourth-order valence-electron chi connectivity index (χ4n) is 2.73. The number of hydrogen-bond donors (Lipinski definition) is 1. The first-order chi connectivity index (χ1) is 11.4. The number of rotatable bonds is 5. The average Bonchev–Trinajstić information content (AvgIpc) is 3.26. The van der Waals surface area contributed by atoms with Gasteiger partial charge < -0.3 is 9.73 Å². The number of carbonyl (C=O) groups excluding carboxylic acids is 1. The Morgan fingerprint density at radius 2 is 2.08 bits per heavy atom. The number of thiazole rings is 1. The van der Waals surface area contributed by atoms with E-state index < -0.39 is 0 Å². The number of hydrogen-bond acceptors (Lipinski definition) is 5. The summed E-state index contributed by atoms with van der Waals surface area (Å²) in [6.07, 6.45) is 2.50. The molecule has 1 N–H and O–H groups in total. The number of furan rings is 1. The van der Waals surface area contributed by atoms with Crippen LogP contribution in [0.3, 0.4) is 0 Å². The van der Waals surface area contributed by atoms with Crippen LogP contribution in [0.5, 0.6) is 0 Å². The summed E-state index contributed by atoms with van der Waals surface area (Å²) in [5.41, 5.74) is 1.09. The van der Waals surface area contributed by atoms with E-state index in [0.717, 1.165) is 36.1 Å². The molecule has 1 amide bonds. The molecule has 130 valence electrons. The molecule has 5 nitrogen and oxygen atoms in total. The van der Waals surface area contributed by atoms with Gasteiger partial charge in [0.2, 0.25) is 0 Å². The molecule has 1 fully saturated rings. The third kappa shape index (κ3) is 4.24. The third-order valence-electron chi connectivity index (χ3n) is 4.18. The molecule has 3 rings (SSSR count). The lowest BCUT2D eigenvalue weighted by atomic mass is 9.93. The molecule has 1 aliphatic heterocycles. The van der Waals surface area contributed by atoms with E-state index in [9.17, 15) is 4.79 Å². The monoisotopic (exact) mass is 347 g/mol. The Labute approximate surface area is 147 Å². The molecule has 3 heterocycles. The second-order valence-electron chi connectivity index (χ2n) is 7.31. The van der Waals surface area contributed by atoms with E-state index in [1.165, 1.54) is 12.8 Å². The SMILES string of the molecule is CC(C)(C)c1csc(CNC(=O)c2ccc(CN3CCCC3)o2)n1. The number of carbonyl (C=O) groups is 1. The van der Waals surface area contributed by atoms with Crippen LogP contribution in [0, 0.1) is 0 Å². The van der Waals surface area contributed by atoms with Gasteiger partial charge in [-0.05, 0) is 38.1 Å².